The molecule has 94 valence electrons. The molecule has 0 fully saturated rings. The van der Waals surface area contributed by atoms with Gasteiger partial charge in [-0.15, -0.1) is 0 Å². The number of ether oxygens (including phenoxy) is 1. The van der Waals surface area contributed by atoms with Crippen LogP contribution in [0, 0.1) is 6.92 Å². The topological polar surface area (TPSA) is 42.4 Å². The Kier molecular flexibility index (Phi) is 3.99. The number of aliphatic hydroxyl groups excluding tert-OH is 1. The molecule has 0 saturated carbocycles. The maximum Gasteiger partial charge on any atom is 0.148 e. The molecule has 4 heteroatoms. The number of halogens is 1. The summed E-state index contributed by atoms with van der Waals surface area (Å²) < 4.78 is 6.74. The Morgan fingerprint density at radius 2 is 2.06 bits per heavy atom. The lowest BCUT2D eigenvalue weighted by Crippen LogP contribution is -1.97. The van der Waals surface area contributed by atoms with Gasteiger partial charge in [0.15, 0.2) is 0 Å². The molecule has 1 unspecified atom stereocenters. The Morgan fingerprint density at radius 3 is 2.72 bits per heavy atom. The second-order valence-corrected chi connectivity index (χ2v) is 4.96. The van der Waals surface area contributed by atoms with Crippen molar-refractivity contribution in [3.05, 3.63) is 52.3 Å². The second kappa shape index (κ2) is 5.50. The molecule has 0 aliphatic carbocycles. The van der Waals surface area contributed by atoms with Crippen molar-refractivity contribution in [2.24, 2.45) is 0 Å². The highest BCUT2D eigenvalue weighted by Gasteiger charge is 2.11. The monoisotopic (exact) mass is 307 g/mol. The van der Waals surface area contributed by atoms with Gasteiger partial charge >= 0.3 is 0 Å². The van der Waals surface area contributed by atoms with Gasteiger partial charge in [-0.3, -0.25) is 4.98 Å². The van der Waals surface area contributed by atoms with E-state index in [4.69, 9.17) is 4.74 Å². The van der Waals surface area contributed by atoms with Crippen LogP contribution >= 0.6 is 15.9 Å². The minimum atomic E-state index is -0.579. The van der Waals surface area contributed by atoms with Gasteiger partial charge in [0, 0.05) is 16.2 Å². The third-order valence-electron chi connectivity index (χ3n) is 2.60. The fraction of sp³-hybridized carbons (Fsp3) is 0.214. The first-order chi connectivity index (χ1) is 8.58. The van der Waals surface area contributed by atoms with Crippen molar-refractivity contribution in [3.63, 3.8) is 0 Å². The number of benzene rings is 1. The molecular formula is C14H14BrNO2. The number of aromatic nitrogens is 1. The molecule has 1 N–H and O–H groups in total. The molecule has 2 aromatic rings. The van der Waals surface area contributed by atoms with Crippen molar-refractivity contribution in [1.82, 2.24) is 4.98 Å². The lowest BCUT2D eigenvalue weighted by Gasteiger charge is -2.14. The quantitative estimate of drug-likeness (QED) is 0.932. The van der Waals surface area contributed by atoms with Crippen LogP contribution in [0.25, 0.3) is 0 Å². The summed E-state index contributed by atoms with van der Waals surface area (Å²) in [5, 5.41) is 9.73. The molecule has 0 radical (unpaired) electrons. The van der Waals surface area contributed by atoms with E-state index in [0.29, 0.717) is 11.5 Å². The van der Waals surface area contributed by atoms with Crippen LogP contribution < -0.4 is 4.74 Å². The molecule has 0 bridgehead atoms. The smallest absolute Gasteiger partial charge is 0.148 e. The van der Waals surface area contributed by atoms with Crippen LogP contribution in [0.4, 0.5) is 0 Å². The van der Waals surface area contributed by atoms with E-state index in [2.05, 4.69) is 20.9 Å². The highest BCUT2D eigenvalue weighted by atomic mass is 79.9. The number of hydrogen-bond donors (Lipinski definition) is 1. The lowest BCUT2D eigenvalue weighted by molar-refractivity contribution is 0.195. The van der Waals surface area contributed by atoms with Crippen molar-refractivity contribution in [2.75, 3.05) is 0 Å². The number of aryl methyl sites for hydroxylation is 1. The SMILES string of the molecule is Cc1ncccc1Oc1cc(Br)ccc1C(C)O. The minimum Gasteiger partial charge on any atom is -0.455 e. The summed E-state index contributed by atoms with van der Waals surface area (Å²) in [5.74, 6) is 1.33. The highest BCUT2D eigenvalue weighted by molar-refractivity contribution is 9.10. The fourth-order valence-electron chi connectivity index (χ4n) is 1.64. The van der Waals surface area contributed by atoms with Crippen molar-refractivity contribution >= 4 is 15.9 Å². The van der Waals surface area contributed by atoms with Crippen molar-refractivity contribution in [3.8, 4) is 11.5 Å². The number of pyridine rings is 1. The second-order valence-electron chi connectivity index (χ2n) is 4.05. The number of nitrogens with zero attached hydrogens (tertiary/aromatic N) is 1. The van der Waals surface area contributed by atoms with Gasteiger partial charge in [-0.1, -0.05) is 22.0 Å². The molecule has 3 nitrogen and oxygen atoms in total. The zero-order chi connectivity index (χ0) is 13.1. The van der Waals surface area contributed by atoms with Crippen molar-refractivity contribution in [1.29, 1.82) is 0 Å². The van der Waals surface area contributed by atoms with Gasteiger partial charge in [0.25, 0.3) is 0 Å². The van der Waals surface area contributed by atoms with Gasteiger partial charge in [0.2, 0.25) is 0 Å². The van der Waals surface area contributed by atoms with E-state index in [-0.39, 0.29) is 0 Å². The summed E-state index contributed by atoms with van der Waals surface area (Å²) in [6.07, 6.45) is 1.14. The Hall–Kier alpha value is -1.39. The van der Waals surface area contributed by atoms with Gasteiger partial charge in [-0.05, 0) is 38.1 Å². The first-order valence-corrected chi connectivity index (χ1v) is 6.44. The Balaban J connectivity index is 2.39. The predicted molar refractivity (Wildman–Crippen MR) is 73.8 cm³/mol. The van der Waals surface area contributed by atoms with Gasteiger partial charge in [-0.25, -0.2) is 0 Å². The van der Waals surface area contributed by atoms with Gasteiger partial charge in [-0.2, -0.15) is 0 Å². The molecule has 0 aliphatic rings. The molecule has 0 amide bonds. The maximum absolute atomic E-state index is 9.73. The largest absolute Gasteiger partial charge is 0.455 e. The maximum atomic E-state index is 9.73. The van der Waals surface area contributed by atoms with Gasteiger partial charge < -0.3 is 9.84 Å². The average molecular weight is 308 g/mol. The molecule has 1 heterocycles. The number of hydrogen-bond acceptors (Lipinski definition) is 3. The molecule has 0 saturated heterocycles. The van der Waals surface area contributed by atoms with Crippen LogP contribution in [-0.2, 0) is 0 Å². The first-order valence-electron chi connectivity index (χ1n) is 5.65. The summed E-state index contributed by atoms with van der Waals surface area (Å²) in [6.45, 7) is 3.60. The summed E-state index contributed by atoms with van der Waals surface area (Å²) >= 11 is 3.40. The van der Waals surface area contributed by atoms with E-state index in [1.54, 1.807) is 13.1 Å². The molecule has 0 aliphatic heterocycles. The summed E-state index contributed by atoms with van der Waals surface area (Å²) in [6, 6.07) is 9.24. The third kappa shape index (κ3) is 2.89. The standard InChI is InChI=1S/C14H14BrNO2/c1-9-13(4-3-7-16-9)18-14-8-11(15)5-6-12(14)10(2)17/h3-8,10,17H,1-2H3. The third-order valence-corrected chi connectivity index (χ3v) is 3.10. The van der Waals surface area contributed by atoms with Crippen LogP contribution in [0.5, 0.6) is 11.5 Å². The number of rotatable bonds is 3. The predicted octanol–water partition coefficient (Wildman–Crippen LogP) is 4.00. The van der Waals surface area contributed by atoms with E-state index in [1.807, 2.05) is 37.3 Å². The molecular weight excluding hydrogens is 294 g/mol. The Bertz CT molecular complexity index is 555. The zero-order valence-electron chi connectivity index (χ0n) is 10.2. The highest BCUT2D eigenvalue weighted by Crippen LogP contribution is 2.32. The lowest BCUT2D eigenvalue weighted by atomic mass is 10.1. The van der Waals surface area contributed by atoms with Crippen LogP contribution in [-0.4, -0.2) is 10.1 Å². The fourth-order valence-corrected chi connectivity index (χ4v) is 1.98. The summed E-state index contributed by atoms with van der Waals surface area (Å²) in [5.41, 5.74) is 1.57. The Morgan fingerprint density at radius 1 is 1.28 bits per heavy atom. The van der Waals surface area contributed by atoms with E-state index in [0.717, 1.165) is 15.7 Å². The van der Waals surface area contributed by atoms with Crippen LogP contribution in [0.1, 0.15) is 24.3 Å². The first kappa shape index (κ1) is 13.1. The van der Waals surface area contributed by atoms with Crippen molar-refractivity contribution < 1.29 is 9.84 Å². The van der Waals surface area contributed by atoms with E-state index < -0.39 is 6.10 Å². The van der Waals surface area contributed by atoms with E-state index in [1.165, 1.54) is 0 Å². The molecule has 1 aromatic carbocycles. The number of aliphatic hydroxyl groups is 1. The Labute approximate surface area is 115 Å². The van der Waals surface area contributed by atoms with E-state index in [9.17, 15) is 5.11 Å². The molecule has 1 aromatic heterocycles. The summed E-state index contributed by atoms with van der Waals surface area (Å²) in [4.78, 5) is 4.17. The molecule has 2 rings (SSSR count). The normalized spacial score (nSPS) is 12.2. The van der Waals surface area contributed by atoms with E-state index >= 15 is 0 Å². The summed E-state index contributed by atoms with van der Waals surface area (Å²) in [7, 11) is 0. The van der Waals surface area contributed by atoms with Gasteiger partial charge in [0.1, 0.15) is 11.5 Å². The van der Waals surface area contributed by atoms with Crippen LogP contribution in [0.15, 0.2) is 41.0 Å². The zero-order valence-corrected chi connectivity index (χ0v) is 11.8. The minimum absolute atomic E-state index is 0.579. The van der Waals surface area contributed by atoms with Crippen LogP contribution in [0.3, 0.4) is 0 Å². The van der Waals surface area contributed by atoms with Crippen LogP contribution in [0.2, 0.25) is 0 Å². The molecule has 1 atom stereocenters. The average Bonchev–Trinajstić information content (AvgIpc) is 2.32. The van der Waals surface area contributed by atoms with Gasteiger partial charge in [0.05, 0.1) is 11.8 Å². The molecule has 0 spiro atoms. The molecule has 18 heavy (non-hydrogen) atoms. The van der Waals surface area contributed by atoms with Crippen molar-refractivity contribution in [2.45, 2.75) is 20.0 Å².